The van der Waals surface area contributed by atoms with Gasteiger partial charge in [-0.25, -0.2) is 14.2 Å². The number of anilines is 1. The van der Waals surface area contributed by atoms with Crippen LogP contribution in [0, 0.1) is 11.7 Å². The van der Waals surface area contributed by atoms with Crippen LogP contribution in [0.5, 0.6) is 5.75 Å². The number of ether oxygens (including phenoxy) is 2. The number of nitrogens with two attached hydrogens (primary N) is 1. The van der Waals surface area contributed by atoms with Crippen molar-refractivity contribution in [2.45, 2.75) is 70.7 Å². The predicted molar refractivity (Wildman–Crippen MR) is 151 cm³/mol. The minimum absolute atomic E-state index is 0.00383. The van der Waals surface area contributed by atoms with Crippen molar-refractivity contribution < 1.29 is 38.1 Å². The van der Waals surface area contributed by atoms with Crippen LogP contribution in [0.2, 0.25) is 0 Å². The molecule has 13 heteroatoms. The van der Waals surface area contributed by atoms with Crippen molar-refractivity contribution in [2.24, 2.45) is 11.7 Å². The first-order chi connectivity index (χ1) is 19.5. The monoisotopic (exact) mass is 636 g/mol. The van der Waals surface area contributed by atoms with E-state index in [1.54, 1.807) is 26.0 Å². The molecule has 0 aliphatic heterocycles. The minimum Gasteiger partial charge on any atom is -0.464 e. The molecule has 0 spiro atoms. The van der Waals surface area contributed by atoms with Gasteiger partial charge in [0, 0.05) is 41.0 Å². The number of aliphatic hydroxyl groups is 1. The second-order valence-corrected chi connectivity index (χ2v) is 10.7. The van der Waals surface area contributed by atoms with Gasteiger partial charge in [-0.1, -0.05) is 27.2 Å². The zero-order valence-electron chi connectivity index (χ0n) is 23.0. The average Bonchev–Trinajstić information content (AvgIpc) is 3.70. The number of amides is 2. The largest absolute Gasteiger partial charge is 0.464 e. The van der Waals surface area contributed by atoms with Crippen molar-refractivity contribution in [1.82, 2.24) is 10.3 Å². The third kappa shape index (κ3) is 8.54. The molecule has 0 radical (unpaired) electrons. The molecule has 1 fully saturated rings. The van der Waals surface area contributed by atoms with E-state index in [0.29, 0.717) is 18.7 Å². The maximum absolute atomic E-state index is 15.1. The lowest BCUT2D eigenvalue weighted by atomic mass is 9.99. The van der Waals surface area contributed by atoms with Gasteiger partial charge in [0.15, 0.2) is 5.78 Å². The molecule has 1 saturated carbocycles. The Balaban J connectivity index is 1.69. The zero-order valence-corrected chi connectivity index (χ0v) is 24.6. The molecule has 5 atom stereocenters. The number of pyridine rings is 1. The summed E-state index contributed by atoms with van der Waals surface area (Å²) in [6, 6.07) is 3.73. The Labute approximate surface area is 245 Å². The summed E-state index contributed by atoms with van der Waals surface area (Å²) < 4.78 is 26.4. The highest BCUT2D eigenvalue weighted by atomic mass is 79.9. The molecule has 222 valence electrons. The summed E-state index contributed by atoms with van der Waals surface area (Å²) in [4.78, 5) is 53.8. The van der Waals surface area contributed by atoms with E-state index in [0.717, 1.165) is 10.5 Å². The number of hydrogen-bond donors (Lipinski definition) is 4. The SMILES string of the molecule is CCC(=O)c1ccc(F)c(C2CC2NC(=O)Nc2ccc(Br)cn2)c1OC(O)C(=O)CCOC(=O)[C@@H](N)[C@@H](C)CC. The van der Waals surface area contributed by atoms with Crippen molar-refractivity contribution in [1.29, 1.82) is 0 Å². The fourth-order valence-corrected chi connectivity index (χ4v) is 4.27. The highest BCUT2D eigenvalue weighted by Crippen LogP contribution is 2.47. The van der Waals surface area contributed by atoms with E-state index in [2.05, 4.69) is 31.5 Å². The number of ketones is 2. The van der Waals surface area contributed by atoms with E-state index < -0.39 is 53.7 Å². The van der Waals surface area contributed by atoms with Gasteiger partial charge in [0.1, 0.15) is 23.4 Å². The summed E-state index contributed by atoms with van der Waals surface area (Å²) in [5.74, 6) is -3.27. The number of aromatic nitrogens is 1. The summed E-state index contributed by atoms with van der Waals surface area (Å²) in [7, 11) is 0. The van der Waals surface area contributed by atoms with Crippen molar-refractivity contribution in [3.05, 3.63) is 51.9 Å². The molecule has 2 amide bonds. The number of Topliss-reactive ketones (excluding diaryl/α,β-unsaturated/α-hetero) is 2. The van der Waals surface area contributed by atoms with E-state index in [4.69, 9.17) is 15.2 Å². The molecule has 1 aromatic heterocycles. The van der Waals surface area contributed by atoms with Gasteiger partial charge in [-0.2, -0.15) is 0 Å². The van der Waals surface area contributed by atoms with Crippen LogP contribution in [0.3, 0.4) is 0 Å². The molecular weight excluding hydrogens is 603 g/mol. The molecule has 5 N–H and O–H groups in total. The zero-order chi connectivity index (χ0) is 30.3. The van der Waals surface area contributed by atoms with E-state index in [9.17, 15) is 24.3 Å². The topological polar surface area (TPSA) is 170 Å². The van der Waals surface area contributed by atoms with E-state index in [-0.39, 0.29) is 42.2 Å². The maximum Gasteiger partial charge on any atom is 0.323 e. The molecule has 1 aromatic carbocycles. The lowest BCUT2D eigenvalue weighted by molar-refractivity contribution is -0.150. The van der Waals surface area contributed by atoms with Crippen LogP contribution in [-0.4, -0.2) is 58.6 Å². The van der Waals surface area contributed by atoms with Crippen LogP contribution in [0.25, 0.3) is 0 Å². The fraction of sp³-hybridized carbons (Fsp3) is 0.464. The van der Waals surface area contributed by atoms with E-state index in [1.807, 2.05) is 6.92 Å². The number of nitrogens with zero attached hydrogens (tertiary/aromatic N) is 1. The lowest BCUT2D eigenvalue weighted by Crippen LogP contribution is -2.38. The number of esters is 1. The number of carbonyl (C=O) groups excluding carboxylic acids is 4. The quantitative estimate of drug-likeness (QED) is 0.137. The number of benzene rings is 1. The van der Waals surface area contributed by atoms with Crippen LogP contribution in [0.15, 0.2) is 34.9 Å². The molecule has 3 rings (SSSR count). The number of aliphatic hydroxyl groups excluding tert-OH is 1. The molecule has 2 aromatic rings. The molecule has 0 saturated heterocycles. The van der Waals surface area contributed by atoms with Crippen molar-refractivity contribution in [2.75, 3.05) is 11.9 Å². The molecular formula is C28H34BrFN4O7. The van der Waals surface area contributed by atoms with Gasteiger partial charge in [-0.3, -0.25) is 19.7 Å². The molecule has 3 unspecified atom stereocenters. The highest BCUT2D eigenvalue weighted by Gasteiger charge is 2.44. The van der Waals surface area contributed by atoms with Crippen LogP contribution >= 0.6 is 15.9 Å². The number of rotatable bonds is 14. The third-order valence-corrected chi connectivity index (χ3v) is 7.31. The number of nitrogens with one attached hydrogen (secondary N) is 2. The smallest absolute Gasteiger partial charge is 0.323 e. The van der Waals surface area contributed by atoms with Gasteiger partial charge in [0.05, 0.1) is 12.2 Å². The van der Waals surface area contributed by atoms with Gasteiger partial charge >= 0.3 is 12.0 Å². The number of carbonyl (C=O) groups is 4. The third-order valence-electron chi connectivity index (χ3n) is 6.84. The Morgan fingerprint density at radius 3 is 2.59 bits per heavy atom. The summed E-state index contributed by atoms with van der Waals surface area (Å²) in [5.41, 5.74) is 5.79. The molecule has 41 heavy (non-hydrogen) atoms. The summed E-state index contributed by atoms with van der Waals surface area (Å²) in [6.07, 6.45) is 0.128. The minimum atomic E-state index is -2.06. The number of hydrogen-bond acceptors (Lipinski definition) is 9. The first kappa shape index (κ1) is 32.1. The summed E-state index contributed by atoms with van der Waals surface area (Å²) in [6.45, 7) is 4.95. The first-order valence-electron chi connectivity index (χ1n) is 13.3. The number of urea groups is 1. The lowest BCUT2D eigenvalue weighted by Gasteiger charge is -2.20. The Morgan fingerprint density at radius 2 is 1.95 bits per heavy atom. The Morgan fingerprint density at radius 1 is 1.22 bits per heavy atom. The molecule has 1 aliphatic carbocycles. The first-order valence-corrected chi connectivity index (χ1v) is 14.1. The van der Waals surface area contributed by atoms with Gasteiger partial charge in [0.25, 0.3) is 6.29 Å². The van der Waals surface area contributed by atoms with E-state index >= 15 is 4.39 Å². The van der Waals surface area contributed by atoms with E-state index in [1.165, 1.54) is 12.3 Å². The molecule has 1 aliphatic rings. The average molecular weight is 638 g/mol. The maximum atomic E-state index is 15.1. The van der Waals surface area contributed by atoms with Crippen LogP contribution in [0.1, 0.15) is 68.3 Å². The Hall–Kier alpha value is -3.42. The standard InChI is InChI=1S/C28H34BrFN4O7/c1-4-14(3)24(31)27(38)40-11-10-21(36)26(37)41-25-16(20(35)5-2)7-8-18(30)23(25)17-12-19(17)33-28(39)34-22-9-6-15(29)13-32-22/h6-9,13-14,17,19,24,26,37H,4-5,10-12,31H2,1-3H3,(H2,32,33,34,39)/t14-,17?,19?,24-,26?/m0/s1. The van der Waals surface area contributed by atoms with Crippen LogP contribution in [0.4, 0.5) is 15.0 Å². The second kappa shape index (κ2) is 14.5. The second-order valence-electron chi connectivity index (χ2n) is 9.79. The van der Waals surface area contributed by atoms with Gasteiger partial charge in [0.2, 0.25) is 5.78 Å². The highest BCUT2D eigenvalue weighted by molar-refractivity contribution is 9.10. The van der Waals surface area contributed by atoms with Crippen molar-refractivity contribution >= 4 is 45.3 Å². The Kier molecular flexibility index (Phi) is 11.3. The van der Waals surface area contributed by atoms with Gasteiger partial charge in [-0.15, -0.1) is 0 Å². The summed E-state index contributed by atoms with van der Waals surface area (Å²) in [5, 5.41) is 15.8. The fourth-order valence-electron chi connectivity index (χ4n) is 4.04. The molecule has 1 heterocycles. The summed E-state index contributed by atoms with van der Waals surface area (Å²) >= 11 is 3.26. The number of halogens is 2. The van der Waals surface area contributed by atoms with Crippen LogP contribution < -0.4 is 21.1 Å². The van der Waals surface area contributed by atoms with Crippen molar-refractivity contribution in [3.8, 4) is 5.75 Å². The van der Waals surface area contributed by atoms with Crippen molar-refractivity contribution in [3.63, 3.8) is 0 Å². The van der Waals surface area contributed by atoms with Gasteiger partial charge in [-0.05, 0) is 52.5 Å². The normalized spacial score (nSPS) is 18.0. The predicted octanol–water partition coefficient (Wildman–Crippen LogP) is 3.83. The molecule has 11 nitrogen and oxygen atoms in total. The van der Waals surface area contributed by atoms with Gasteiger partial charge < -0.3 is 25.6 Å². The Bertz CT molecular complexity index is 1280. The van der Waals surface area contributed by atoms with Crippen LogP contribution in [-0.2, 0) is 14.3 Å². The molecule has 0 bridgehead atoms.